The van der Waals surface area contributed by atoms with E-state index in [9.17, 15) is 0 Å². The van der Waals surface area contributed by atoms with E-state index in [-0.39, 0.29) is 0 Å². The van der Waals surface area contributed by atoms with Crippen LogP contribution in [0.2, 0.25) is 0 Å². The lowest BCUT2D eigenvalue weighted by atomic mass is 10.4. The van der Waals surface area contributed by atoms with Crippen LogP contribution in [0.1, 0.15) is 12.6 Å². The Morgan fingerprint density at radius 2 is 2.20 bits per heavy atom. The van der Waals surface area contributed by atoms with Gasteiger partial charge in [0.1, 0.15) is 0 Å². The lowest BCUT2D eigenvalue weighted by Crippen LogP contribution is -1.96. The van der Waals surface area contributed by atoms with E-state index in [4.69, 9.17) is 4.74 Å². The van der Waals surface area contributed by atoms with Gasteiger partial charge < -0.3 is 4.74 Å². The van der Waals surface area contributed by atoms with Gasteiger partial charge in [-0.05, 0) is 19.1 Å². The number of aromatic nitrogens is 5. The van der Waals surface area contributed by atoms with Gasteiger partial charge in [-0.3, -0.25) is 0 Å². The molecule has 0 amide bonds. The van der Waals surface area contributed by atoms with Crippen molar-refractivity contribution in [1.82, 2.24) is 24.6 Å². The summed E-state index contributed by atoms with van der Waals surface area (Å²) in [6, 6.07) is 7.57. The van der Waals surface area contributed by atoms with Gasteiger partial charge >= 0.3 is 0 Å². The molecule has 6 nitrogen and oxygen atoms in total. The number of ether oxygens (including phenoxy) is 1. The molecule has 0 radical (unpaired) electrons. The van der Waals surface area contributed by atoms with Crippen molar-refractivity contribution in [3.63, 3.8) is 0 Å². The number of thioether (sulfide) groups is 1. The molecule has 0 spiro atoms. The van der Waals surface area contributed by atoms with E-state index in [1.165, 1.54) is 11.8 Å². The normalized spacial score (nSPS) is 10.8. The van der Waals surface area contributed by atoms with E-state index in [0.717, 1.165) is 5.69 Å². The van der Waals surface area contributed by atoms with Crippen molar-refractivity contribution in [3.05, 3.63) is 42.4 Å². The molecule has 0 bridgehead atoms. The minimum absolute atomic E-state index is 0.603. The van der Waals surface area contributed by atoms with Crippen molar-refractivity contribution >= 4 is 17.5 Å². The maximum atomic E-state index is 5.38. The Bertz CT molecular complexity index is 682. The largest absolute Gasteiger partial charge is 0.478 e. The highest BCUT2D eigenvalue weighted by atomic mass is 32.2. The van der Waals surface area contributed by atoms with Crippen LogP contribution in [-0.2, 0) is 5.75 Å². The summed E-state index contributed by atoms with van der Waals surface area (Å²) in [6.07, 6.45) is 3.53. The summed E-state index contributed by atoms with van der Waals surface area (Å²) >= 11 is 1.52. The van der Waals surface area contributed by atoms with Crippen molar-refractivity contribution in [2.24, 2.45) is 0 Å². The Morgan fingerprint density at radius 3 is 3.05 bits per heavy atom. The van der Waals surface area contributed by atoms with Crippen molar-refractivity contribution in [2.45, 2.75) is 17.8 Å². The predicted octanol–water partition coefficient (Wildman–Crippen LogP) is 2.21. The molecule has 0 saturated heterocycles. The summed E-state index contributed by atoms with van der Waals surface area (Å²) in [5.74, 6) is 1.94. The molecule has 102 valence electrons. The zero-order chi connectivity index (χ0) is 13.8. The van der Waals surface area contributed by atoms with Crippen molar-refractivity contribution < 1.29 is 4.74 Å². The highest BCUT2D eigenvalue weighted by molar-refractivity contribution is 7.98. The van der Waals surface area contributed by atoms with E-state index in [0.29, 0.717) is 29.2 Å². The van der Waals surface area contributed by atoms with Gasteiger partial charge in [-0.2, -0.15) is 4.98 Å². The summed E-state index contributed by atoms with van der Waals surface area (Å²) in [7, 11) is 0. The smallest absolute Gasteiger partial charge is 0.253 e. The summed E-state index contributed by atoms with van der Waals surface area (Å²) in [6.45, 7) is 2.56. The Morgan fingerprint density at radius 1 is 1.25 bits per heavy atom. The van der Waals surface area contributed by atoms with E-state index < -0.39 is 0 Å². The molecule has 0 fully saturated rings. The lowest BCUT2D eigenvalue weighted by Gasteiger charge is -2.03. The topological polar surface area (TPSA) is 65.2 Å². The Balaban J connectivity index is 1.71. The third-order valence-corrected chi connectivity index (χ3v) is 3.39. The van der Waals surface area contributed by atoms with Crippen molar-refractivity contribution in [1.29, 1.82) is 0 Å². The molecule has 20 heavy (non-hydrogen) atoms. The predicted molar refractivity (Wildman–Crippen MR) is 75.7 cm³/mol. The monoisotopic (exact) mass is 287 g/mol. The third kappa shape index (κ3) is 2.88. The zero-order valence-corrected chi connectivity index (χ0v) is 11.7. The molecule has 7 heteroatoms. The van der Waals surface area contributed by atoms with Crippen LogP contribution in [0, 0.1) is 0 Å². The van der Waals surface area contributed by atoms with Gasteiger partial charge in [-0.1, -0.05) is 17.8 Å². The fourth-order valence-corrected chi connectivity index (χ4v) is 2.41. The van der Waals surface area contributed by atoms with Crippen molar-refractivity contribution in [2.75, 3.05) is 6.61 Å². The fraction of sp³-hybridized carbons (Fsp3) is 0.231. The van der Waals surface area contributed by atoms with E-state index >= 15 is 0 Å². The number of nitrogens with zero attached hydrogens (tertiary/aromatic N) is 5. The fourth-order valence-electron chi connectivity index (χ4n) is 1.68. The highest BCUT2D eigenvalue weighted by Gasteiger charge is 2.06. The highest BCUT2D eigenvalue weighted by Crippen LogP contribution is 2.19. The maximum Gasteiger partial charge on any atom is 0.253 e. The molecule has 3 rings (SSSR count). The molecular weight excluding hydrogens is 274 g/mol. The molecule has 0 atom stereocenters. The van der Waals surface area contributed by atoms with Crippen molar-refractivity contribution in [3.8, 4) is 5.88 Å². The van der Waals surface area contributed by atoms with Crippen LogP contribution in [-0.4, -0.2) is 31.2 Å². The first kappa shape index (κ1) is 12.9. The van der Waals surface area contributed by atoms with Gasteiger partial charge in [-0.15, -0.1) is 5.10 Å². The molecule has 0 aromatic carbocycles. The number of fused-ring (bicyclic) bond motifs is 1. The lowest BCUT2D eigenvalue weighted by molar-refractivity contribution is 0.326. The second kappa shape index (κ2) is 5.87. The molecule has 0 unspecified atom stereocenters. The van der Waals surface area contributed by atoms with Crippen LogP contribution >= 0.6 is 11.8 Å². The third-order valence-electron chi connectivity index (χ3n) is 2.52. The molecule has 0 N–H and O–H groups in total. The van der Waals surface area contributed by atoms with Crippen LogP contribution in [0.4, 0.5) is 0 Å². The molecule has 0 aliphatic carbocycles. The second-order valence-corrected chi connectivity index (χ2v) is 4.89. The minimum Gasteiger partial charge on any atom is -0.478 e. The van der Waals surface area contributed by atoms with Crippen LogP contribution < -0.4 is 4.74 Å². The zero-order valence-electron chi connectivity index (χ0n) is 10.9. The molecule has 3 aromatic heterocycles. The number of rotatable bonds is 5. The summed E-state index contributed by atoms with van der Waals surface area (Å²) in [5.41, 5.74) is 0.938. The molecule has 3 heterocycles. The average molecular weight is 287 g/mol. The van der Waals surface area contributed by atoms with Crippen LogP contribution in [0.3, 0.4) is 0 Å². The molecule has 0 saturated carbocycles. The van der Waals surface area contributed by atoms with Gasteiger partial charge in [0.05, 0.1) is 12.3 Å². The number of hydrogen-bond acceptors (Lipinski definition) is 6. The van der Waals surface area contributed by atoms with E-state index in [1.807, 2.05) is 37.4 Å². The second-order valence-electron chi connectivity index (χ2n) is 3.95. The first-order valence-electron chi connectivity index (χ1n) is 6.24. The van der Waals surface area contributed by atoms with Gasteiger partial charge in [0.25, 0.3) is 5.78 Å². The van der Waals surface area contributed by atoms with Gasteiger partial charge in [-0.25, -0.2) is 14.5 Å². The number of pyridine rings is 1. The van der Waals surface area contributed by atoms with Crippen LogP contribution in [0.15, 0.2) is 41.8 Å². The van der Waals surface area contributed by atoms with Crippen LogP contribution in [0.25, 0.3) is 5.78 Å². The first-order chi connectivity index (χ1) is 9.85. The first-order valence-corrected chi connectivity index (χ1v) is 7.22. The molecule has 3 aromatic rings. The molecule has 0 aliphatic heterocycles. The van der Waals surface area contributed by atoms with Gasteiger partial charge in [0, 0.05) is 24.2 Å². The average Bonchev–Trinajstić information content (AvgIpc) is 2.89. The molecule has 0 aliphatic rings. The number of hydrogen-bond donors (Lipinski definition) is 0. The maximum absolute atomic E-state index is 5.38. The van der Waals surface area contributed by atoms with E-state index in [2.05, 4.69) is 20.1 Å². The minimum atomic E-state index is 0.603. The summed E-state index contributed by atoms with van der Waals surface area (Å²) in [5, 5.41) is 5.02. The Kier molecular flexibility index (Phi) is 3.78. The van der Waals surface area contributed by atoms with Gasteiger partial charge in [0.15, 0.2) is 0 Å². The Hall–Kier alpha value is -2.15. The SMILES string of the molecule is CCOc1cccc(CSc2nc3ncccn3n2)n1. The molecular formula is C13H13N5OS. The summed E-state index contributed by atoms with van der Waals surface area (Å²) < 4.78 is 7.04. The van der Waals surface area contributed by atoms with E-state index in [1.54, 1.807) is 10.7 Å². The quantitative estimate of drug-likeness (QED) is 0.670. The van der Waals surface area contributed by atoms with Crippen LogP contribution in [0.5, 0.6) is 5.88 Å². The Labute approximate surface area is 120 Å². The summed E-state index contributed by atoms with van der Waals surface area (Å²) in [4.78, 5) is 12.9. The van der Waals surface area contributed by atoms with Gasteiger partial charge in [0.2, 0.25) is 11.0 Å². The standard InChI is InChI=1S/C13H13N5OS/c1-2-19-11-6-3-5-10(15-11)9-20-13-16-12-14-7-4-8-18(12)17-13/h3-8H,2,9H2,1H3.